The van der Waals surface area contributed by atoms with Gasteiger partial charge in [0.2, 0.25) is 0 Å². The highest BCUT2D eigenvalue weighted by molar-refractivity contribution is 4.98. The Kier molecular flexibility index (Phi) is 1.92. The molecule has 2 N–H and O–H groups in total. The van der Waals surface area contributed by atoms with Gasteiger partial charge in [0.25, 0.3) is 5.92 Å². The molecule has 0 heterocycles. The molecule has 11 heavy (non-hydrogen) atoms. The minimum absolute atomic E-state index is 0.0787. The molecule has 1 radical (unpaired) electrons. The minimum atomic E-state index is -2.84. The molecule has 0 amide bonds. The molecule has 1 rings (SSSR count). The summed E-state index contributed by atoms with van der Waals surface area (Å²) < 4.78 is 25.0. The Morgan fingerprint density at radius 1 is 1.36 bits per heavy atom. The SMILES string of the molecule is [CH2]C(O)C1(O)CCC(F)(F)C1. The lowest BCUT2D eigenvalue weighted by atomic mass is 9.96. The number of rotatable bonds is 1. The molecule has 0 aromatic heterocycles. The van der Waals surface area contributed by atoms with Gasteiger partial charge in [0.05, 0.1) is 11.7 Å². The molecule has 0 aromatic carbocycles. The molecule has 2 atom stereocenters. The summed E-state index contributed by atoms with van der Waals surface area (Å²) in [5.41, 5.74) is -1.68. The third-order valence-electron chi connectivity index (χ3n) is 2.11. The zero-order chi connectivity index (χ0) is 8.70. The number of aliphatic hydroxyl groups is 2. The number of halogens is 2. The van der Waals surface area contributed by atoms with Crippen LogP contribution in [0.5, 0.6) is 0 Å². The molecule has 65 valence electrons. The topological polar surface area (TPSA) is 40.5 Å². The van der Waals surface area contributed by atoms with Crippen LogP contribution in [0.15, 0.2) is 0 Å². The Hall–Kier alpha value is -0.220. The van der Waals surface area contributed by atoms with E-state index >= 15 is 0 Å². The third-order valence-corrected chi connectivity index (χ3v) is 2.11. The summed E-state index contributed by atoms with van der Waals surface area (Å²) in [5, 5.41) is 18.2. The van der Waals surface area contributed by atoms with Crippen molar-refractivity contribution in [1.29, 1.82) is 0 Å². The zero-order valence-electron chi connectivity index (χ0n) is 6.06. The molecule has 2 unspecified atom stereocenters. The van der Waals surface area contributed by atoms with Crippen LogP contribution >= 0.6 is 0 Å². The van der Waals surface area contributed by atoms with E-state index in [1.807, 2.05) is 0 Å². The molecule has 0 spiro atoms. The lowest BCUT2D eigenvalue weighted by Gasteiger charge is -2.25. The number of hydrogen-bond donors (Lipinski definition) is 2. The summed E-state index contributed by atoms with van der Waals surface area (Å²) >= 11 is 0. The van der Waals surface area contributed by atoms with Gasteiger partial charge in [-0.1, -0.05) is 0 Å². The molecule has 0 bridgehead atoms. The van der Waals surface area contributed by atoms with E-state index in [0.29, 0.717) is 0 Å². The second-order valence-electron chi connectivity index (χ2n) is 3.15. The van der Waals surface area contributed by atoms with Gasteiger partial charge in [0.1, 0.15) is 0 Å². The Morgan fingerprint density at radius 3 is 2.09 bits per heavy atom. The fraction of sp³-hybridized carbons (Fsp3) is 0.857. The predicted molar refractivity (Wildman–Crippen MR) is 35.1 cm³/mol. The first-order valence-electron chi connectivity index (χ1n) is 3.47. The fourth-order valence-corrected chi connectivity index (χ4v) is 1.31. The summed E-state index contributed by atoms with van der Waals surface area (Å²) in [4.78, 5) is 0. The highest BCUT2D eigenvalue weighted by Crippen LogP contribution is 2.42. The van der Waals surface area contributed by atoms with Crippen LogP contribution in [0.3, 0.4) is 0 Å². The van der Waals surface area contributed by atoms with Gasteiger partial charge in [0.15, 0.2) is 0 Å². The molecule has 1 fully saturated rings. The highest BCUT2D eigenvalue weighted by Gasteiger charge is 2.50. The van der Waals surface area contributed by atoms with Crippen molar-refractivity contribution in [1.82, 2.24) is 0 Å². The van der Waals surface area contributed by atoms with Gasteiger partial charge in [0, 0.05) is 12.8 Å². The first-order chi connectivity index (χ1) is 4.86. The number of hydrogen-bond acceptors (Lipinski definition) is 2. The Balaban J connectivity index is 2.65. The van der Waals surface area contributed by atoms with Crippen LogP contribution in [-0.4, -0.2) is 27.8 Å². The van der Waals surface area contributed by atoms with Gasteiger partial charge in [-0.3, -0.25) is 0 Å². The van der Waals surface area contributed by atoms with E-state index in [9.17, 15) is 13.9 Å². The van der Waals surface area contributed by atoms with Gasteiger partial charge >= 0.3 is 0 Å². The molecule has 0 aromatic rings. The normalized spacial score (nSPS) is 39.0. The standard InChI is InChI=1S/C7H11F2O2/c1-5(10)6(11)2-3-7(8,9)4-6/h5,10-11H,1-4H2. The summed E-state index contributed by atoms with van der Waals surface area (Å²) in [6.07, 6.45) is -2.44. The molecule has 2 nitrogen and oxygen atoms in total. The third kappa shape index (κ3) is 1.68. The molecule has 1 saturated carbocycles. The maximum Gasteiger partial charge on any atom is 0.251 e. The number of alkyl halides is 2. The molecule has 4 heteroatoms. The van der Waals surface area contributed by atoms with E-state index in [1.54, 1.807) is 0 Å². The highest BCUT2D eigenvalue weighted by atomic mass is 19.3. The van der Waals surface area contributed by atoms with Gasteiger partial charge in [-0.25, -0.2) is 8.78 Å². The lowest BCUT2D eigenvalue weighted by molar-refractivity contribution is -0.0799. The molecule has 0 aliphatic heterocycles. The Morgan fingerprint density at radius 2 is 1.91 bits per heavy atom. The van der Waals surface area contributed by atoms with Crippen LogP contribution in [0.1, 0.15) is 19.3 Å². The van der Waals surface area contributed by atoms with Crippen LogP contribution in [-0.2, 0) is 0 Å². The molecule has 0 saturated heterocycles. The predicted octanol–water partition coefficient (Wildman–Crippen LogP) is 0.732. The fourth-order valence-electron chi connectivity index (χ4n) is 1.31. The van der Waals surface area contributed by atoms with Crippen molar-refractivity contribution in [2.75, 3.05) is 0 Å². The van der Waals surface area contributed by atoms with Gasteiger partial charge in [-0.15, -0.1) is 0 Å². The monoisotopic (exact) mass is 165 g/mol. The maximum atomic E-state index is 12.5. The van der Waals surface area contributed by atoms with Crippen molar-refractivity contribution >= 4 is 0 Å². The summed E-state index contributed by atoms with van der Waals surface area (Å²) in [5.74, 6) is -2.84. The average molecular weight is 165 g/mol. The lowest BCUT2D eigenvalue weighted by Crippen LogP contribution is -2.39. The molecular weight excluding hydrogens is 154 g/mol. The molecular formula is C7H11F2O2. The zero-order valence-corrected chi connectivity index (χ0v) is 6.06. The van der Waals surface area contributed by atoms with Crippen LogP contribution in [0.2, 0.25) is 0 Å². The van der Waals surface area contributed by atoms with Gasteiger partial charge in [-0.2, -0.15) is 0 Å². The largest absolute Gasteiger partial charge is 0.390 e. The maximum absolute atomic E-state index is 12.5. The smallest absolute Gasteiger partial charge is 0.251 e. The van der Waals surface area contributed by atoms with E-state index in [-0.39, 0.29) is 12.8 Å². The minimum Gasteiger partial charge on any atom is -0.390 e. The van der Waals surface area contributed by atoms with Crippen LogP contribution < -0.4 is 0 Å². The second kappa shape index (κ2) is 2.38. The van der Waals surface area contributed by atoms with E-state index in [4.69, 9.17) is 5.11 Å². The van der Waals surface area contributed by atoms with E-state index < -0.39 is 24.0 Å². The van der Waals surface area contributed by atoms with E-state index in [2.05, 4.69) is 6.92 Å². The van der Waals surface area contributed by atoms with Gasteiger partial charge < -0.3 is 10.2 Å². The second-order valence-corrected chi connectivity index (χ2v) is 3.15. The van der Waals surface area contributed by atoms with Crippen molar-refractivity contribution in [2.45, 2.75) is 36.9 Å². The molecule has 1 aliphatic rings. The Labute approximate surface area is 63.8 Å². The summed E-state index contributed by atoms with van der Waals surface area (Å²) in [7, 11) is 0. The van der Waals surface area contributed by atoms with Crippen molar-refractivity contribution in [3.05, 3.63) is 6.92 Å². The summed E-state index contributed by atoms with van der Waals surface area (Å²) in [6, 6.07) is 0. The van der Waals surface area contributed by atoms with Crippen molar-refractivity contribution in [2.24, 2.45) is 0 Å². The van der Waals surface area contributed by atoms with Crippen LogP contribution in [0.25, 0.3) is 0 Å². The number of aliphatic hydroxyl groups excluding tert-OH is 1. The Bertz CT molecular complexity index is 159. The molecule has 1 aliphatic carbocycles. The first kappa shape index (κ1) is 8.87. The summed E-state index contributed by atoms with van der Waals surface area (Å²) in [6.45, 7) is 3.13. The van der Waals surface area contributed by atoms with Crippen molar-refractivity contribution in [3.63, 3.8) is 0 Å². The average Bonchev–Trinajstić information content (AvgIpc) is 2.08. The first-order valence-corrected chi connectivity index (χ1v) is 3.47. The van der Waals surface area contributed by atoms with Gasteiger partial charge in [-0.05, 0) is 13.3 Å². The van der Waals surface area contributed by atoms with Crippen LogP contribution in [0, 0.1) is 6.92 Å². The van der Waals surface area contributed by atoms with E-state index in [0.717, 1.165) is 0 Å². The van der Waals surface area contributed by atoms with E-state index in [1.165, 1.54) is 0 Å². The quantitative estimate of drug-likeness (QED) is 0.601. The van der Waals surface area contributed by atoms with Crippen molar-refractivity contribution < 1.29 is 19.0 Å². The van der Waals surface area contributed by atoms with Crippen LogP contribution in [0.4, 0.5) is 8.78 Å². The van der Waals surface area contributed by atoms with Crippen molar-refractivity contribution in [3.8, 4) is 0 Å².